The molecule has 0 saturated heterocycles. The second-order valence-corrected chi connectivity index (χ2v) is 7.45. The largest absolute Gasteiger partial charge is 0.383 e. The lowest BCUT2D eigenvalue weighted by molar-refractivity contribution is -0.131. The Hall–Kier alpha value is -2.63. The molecule has 1 heterocycles. The lowest BCUT2D eigenvalue weighted by Crippen LogP contribution is -2.41. The van der Waals surface area contributed by atoms with E-state index in [1.807, 2.05) is 49.4 Å². The van der Waals surface area contributed by atoms with Crippen molar-refractivity contribution in [2.24, 2.45) is 0 Å². The summed E-state index contributed by atoms with van der Waals surface area (Å²) in [5.41, 5.74) is 3.20. The fourth-order valence-electron chi connectivity index (χ4n) is 3.62. The van der Waals surface area contributed by atoms with Gasteiger partial charge in [0.1, 0.15) is 0 Å². The predicted octanol–water partition coefficient (Wildman–Crippen LogP) is 3.89. The van der Waals surface area contributed by atoms with E-state index in [-0.39, 0.29) is 24.2 Å². The van der Waals surface area contributed by atoms with Gasteiger partial charge in [-0.15, -0.1) is 0 Å². The van der Waals surface area contributed by atoms with E-state index in [0.717, 1.165) is 11.1 Å². The van der Waals surface area contributed by atoms with Crippen LogP contribution in [-0.2, 0) is 20.9 Å². The van der Waals surface area contributed by atoms with E-state index in [4.69, 9.17) is 16.3 Å². The SMILES string of the molecule is COCCN1C(=O)CC(c2ccc(Cl)cc2)C(C(=O)NCc2ccccc2)=C1C. The van der Waals surface area contributed by atoms with Crippen molar-refractivity contribution in [3.63, 3.8) is 0 Å². The summed E-state index contributed by atoms with van der Waals surface area (Å²) >= 11 is 6.02. The number of carbonyl (C=O) groups is 2. The van der Waals surface area contributed by atoms with Crippen LogP contribution in [-0.4, -0.2) is 37.0 Å². The molecule has 0 fully saturated rings. The quantitative estimate of drug-likeness (QED) is 0.750. The monoisotopic (exact) mass is 412 g/mol. The average molecular weight is 413 g/mol. The number of nitrogens with one attached hydrogen (secondary N) is 1. The Bertz CT molecular complexity index is 894. The third-order valence-corrected chi connectivity index (χ3v) is 5.41. The van der Waals surface area contributed by atoms with Crippen LogP contribution in [0.2, 0.25) is 5.02 Å². The Morgan fingerprint density at radius 1 is 1.17 bits per heavy atom. The maximum atomic E-state index is 13.2. The number of allylic oxidation sites excluding steroid dienone is 1. The van der Waals surface area contributed by atoms with Gasteiger partial charge in [0.05, 0.1) is 6.61 Å². The molecule has 2 amide bonds. The maximum Gasteiger partial charge on any atom is 0.249 e. The van der Waals surface area contributed by atoms with E-state index in [9.17, 15) is 9.59 Å². The number of nitrogens with zero attached hydrogens (tertiary/aromatic N) is 1. The van der Waals surface area contributed by atoms with Crippen LogP contribution in [0.4, 0.5) is 0 Å². The van der Waals surface area contributed by atoms with Gasteiger partial charge in [-0.3, -0.25) is 9.59 Å². The Balaban J connectivity index is 1.92. The van der Waals surface area contributed by atoms with Crippen LogP contribution in [0.1, 0.15) is 30.4 Å². The summed E-state index contributed by atoms with van der Waals surface area (Å²) < 4.78 is 5.14. The van der Waals surface area contributed by atoms with Crippen LogP contribution < -0.4 is 5.32 Å². The number of hydrogen-bond acceptors (Lipinski definition) is 3. The molecule has 152 valence electrons. The van der Waals surface area contributed by atoms with E-state index in [0.29, 0.717) is 36.0 Å². The zero-order valence-corrected chi connectivity index (χ0v) is 17.4. The normalized spacial score (nSPS) is 16.9. The summed E-state index contributed by atoms with van der Waals surface area (Å²) in [6.45, 7) is 3.08. The molecule has 1 atom stereocenters. The van der Waals surface area contributed by atoms with Gasteiger partial charge >= 0.3 is 0 Å². The van der Waals surface area contributed by atoms with Crippen LogP contribution in [0.25, 0.3) is 0 Å². The van der Waals surface area contributed by atoms with Crippen molar-refractivity contribution in [3.8, 4) is 0 Å². The van der Waals surface area contributed by atoms with Crippen LogP contribution >= 0.6 is 11.6 Å². The first-order chi connectivity index (χ1) is 14.0. The predicted molar refractivity (Wildman–Crippen MR) is 113 cm³/mol. The van der Waals surface area contributed by atoms with Gasteiger partial charge < -0.3 is 15.0 Å². The summed E-state index contributed by atoms with van der Waals surface area (Å²) in [6.07, 6.45) is 0.233. The van der Waals surface area contributed by atoms with E-state index < -0.39 is 0 Å². The molecule has 1 aliphatic heterocycles. The molecule has 1 unspecified atom stereocenters. The fourth-order valence-corrected chi connectivity index (χ4v) is 3.75. The summed E-state index contributed by atoms with van der Waals surface area (Å²) in [6, 6.07) is 17.1. The second-order valence-electron chi connectivity index (χ2n) is 7.01. The molecule has 3 rings (SSSR count). The topological polar surface area (TPSA) is 58.6 Å². The minimum atomic E-state index is -0.311. The lowest BCUT2D eigenvalue weighted by atomic mass is 9.83. The van der Waals surface area contributed by atoms with Gasteiger partial charge in [0, 0.05) is 48.8 Å². The van der Waals surface area contributed by atoms with Crippen molar-refractivity contribution in [2.45, 2.75) is 25.8 Å². The van der Waals surface area contributed by atoms with Crippen LogP contribution in [0, 0.1) is 0 Å². The first-order valence-corrected chi connectivity index (χ1v) is 9.96. The number of halogens is 1. The van der Waals surface area contributed by atoms with E-state index >= 15 is 0 Å². The number of amides is 2. The molecule has 29 heavy (non-hydrogen) atoms. The second kappa shape index (κ2) is 9.72. The average Bonchev–Trinajstić information content (AvgIpc) is 2.73. The molecule has 5 nitrogen and oxygen atoms in total. The minimum absolute atomic E-state index is 0.0147. The molecule has 1 N–H and O–H groups in total. The van der Waals surface area contributed by atoms with Gasteiger partial charge in [-0.25, -0.2) is 0 Å². The highest BCUT2D eigenvalue weighted by Crippen LogP contribution is 2.36. The first kappa shape index (κ1) is 21.1. The van der Waals surface area contributed by atoms with E-state index in [2.05, 4.69) is 5.32 Å². The molecular formula is C23H25ClN2O3. The first-order valence-electron chi connectivity index (χ1n) is 9.59. The zero-order valence-electron chi connectivity index (χ0n) is 16.7. The maximum absolute atomic E-state index is 13.2. The third-order valence-electron chi connectivity index (χ3n) is 5.15. The van der Waals surface area contributed by atoms with E-state index in [1.54, 1.807) is 24.1 Å². The van der Waals surface area contributed by atoms with Crippen molar-refractivity contribution in [2.75, 3.05) is 20.3 Å². The molecule has 0 aliphatic carbocycles. The Morgan fingerprint density at radius 3 is 2.52 bits per heavy atom. The van der Waals surface area contributed by atoms with Crippen molar-refractivity contribution in [1.82, 2.24) is 10.2 Å². The van der Waals surface area contributed by atoms with Crippen molar-refractivity contribution in [1.29, 1.82) is 0 Å². The number of carbonyl (C=O) groups excluding carboxylic acids is 2. The fraction of sp³-hybridized carbons (Fsp3) is 0.304. The number of benzene rings is 2. The number of rotatable bonds is 7. The molecule has 1 aliphatic rings. The van der Waals surface area contributed by atoms with Crippen LogP contribution in [0.3, 0.4) is 0 Å². The standard InChI is InChI=1S/C23H25ClN2O3/c1-16-22(23(28)25-15-17-6-4-3-5-7-17)20(18-8-10-19(24)11-9-18)14-21(27)26(16)12-13-29-2/h3-11,20H,12-15H2,1-2H3,(H,25,28). The molecule has 0 radical (unpaired) electrons. The molecule has 0 aromatic heterocycles. The molecule has 0 bridgehead atoms. The highest BCUT2D eigenvalue weighted by molar-refractivity contribution is 6.30. The Kier molecular flexibility index (Phi) is 7.07. The molecular weight excluding hydrogens is 388 g/mol. The van der Waals surface area contributed by atoms with Crippen molar-refractivity contribution in [3.05, 3.63) is 82.0 Å². The molecule has 2 aromatic rings. The van der Waals surface area contributed by atoms with Gasteiger partial charge in [0.2, 0.25) is 11.8 Å². The number of methoxy groups -OCH3 is 1. The molecule has 0 spiro atoms. The van der Waals surface area contributed by atoms with Gasteiger partial charge in [0.15, 0.2) is 0 Å². The third kappa shape index (κ3) is 5.05. The highest BCUT2D eigenvalue weighted by atomic mass is 35.5. The summed E-state index contributed by atoms with van der Waals surface area (Å²) in [4.78, 5) is 27.6. The molecule has 2 aromatic carbocycles. The number of ether oxygens (including phenoxy) is 1. The van der Waals surface area contributed by atoms with Gasteiger partial charge in [-0.05, 0) is 30.2 Å². The highest BCUT2D eigenvalue weighted by Gasteiger charge is 2.35. The Labute approximate surface area is 176 Å². The van der Waals surface area contributed by atoms with Gasteiger partial charge in [0.25, 0.3) is 0 Å². The smallest absolute Gasteiger partial charge is 0.249 e. The van der Waals surface area contributed by atoms with E-state index in [1.165, 1.54) is 0 Å². The van der Waals surface area contributed by atoms with Crippen molar-refractivity contribution >= 4 is 23.4 Å². The molecule has 0 saturated carbocycles. The summed E-state index contributed by atoms with van der Waals surface area (Å²) in [5.74, 6) is -0.491. The Morgan fingerprint density at radius 2 is 1.86 bits per heavy atom. The molecule has 6 heteroatoms. The van der Waals surface area contributed by atoms with Crippen molar-refractivity contribution < 1.29 is 14.3 Å². The van der Waals surface area contributed by atoms with Crippen LogP contribution in [0.15, 0.2) is 65.9 Å². The minimum Gasteiger partial charge on any atom is -0.383 e. The van der Waals surface area contributed by atoms with Crippen LogP contribution in [0.5, 0.6) is 0 Å². The van der Waals surface area contributed by atoms with Gasteiger partial charge in [-0.2, -0.15) is 0 Å². The lowest BCUT2D eigenvalue weighted by Gasteiger charge is -2.34. The summed E-state index contributed by atoms with van der Waals surface area (Å²) in [7, 11) is 1.59. The summed E-state index contributed by atoms with van der Waals surface area (Å²) in [5, 5.41) is 3.63. The number of hydrogen-bond donors (Lipinski definition) is 1. The zero-order chi connectivity index (χ0) is 20.8. The van der Waals surface area contributed by atoms with Gasteiger partial charge in [-0.1, -0.05) is 54.1 Å².